The van der Waals surface area contributed by atoms with Crippen LogP contribution in [0.5, 0.6) is 0 Å². The molecule has 0 N–H and O–H groups in total. The van der Waals surface area contributed by atoms with Crippen LogP contribution < -0.4 is 0 Å². The Morgan fingerprint density at radius 2 is 1.67 bits per heavy atom. The summed E-state index contributed by atoms with van der Waals surface area (Å²) in [6.07, 6.45) is 2.96. The fourth-order valence-electron chi connectivity index (χ4n) is 1.46. The fraction of sp³-hybridized carbons (Fsp3) is 0.154. The Morgan fingerprint density at radius 3 is 2.06 bits per heavy atom. The molecule has 0 bridgehead atoms. The quantitative estimate of drug-likeness (QED) is 0.761. The van der Waals surface area contributed by atoms with Crippen LogP contribution in [0.3, 0.4) is 0 Å². The third kappa shape index (κ3) is 3.26. The number of rotatable bonds is 5. The van der Waals surface area contributed by atoms with Gasteiger partial charge in [0.15, 0.2) is 0 Å². The van der Waals surface area contributed by atoms with Crippen molar-refractivity contribution in [1.29, 1.82) is 0 Å². The minimum Gasteiger partial charge on any atom is -0.331 e. The zero-order chi connectivity index (χ0) is 13.7. The van der Waals surface area contributed by atoms with E-state index in [0.29, 0.717) is 0 Å². The molecular weight excluding hydrogens is 304 g/mol. The Morgan fingerprint density at radius 1 is 1.22 bits per heavy atom. The third-order valence-electron chi connectivity index (χ3n) is 2.21. The summed E-state index contributed by atoms with van der Waals surface area (Å²) in [5.74, 6) is -2.52. The van der Waals surface area contributed by atoms with E-state index in [4.69, 9.17) is 0 Å². The van der Waals surface area contributed by atoms with Crippen molar-refractivity contribution in [3.63, 3.8) is 0 Å². The molecular formula is C13H12BrF2NO. The molecule has 0 heterocycles. The monoisotopic (exact) mass is 315 g/mol. The van der Waals surface area contributed by atoms with Gasteiger partial charge in [0.25, 0.3) is 5.91 Å². The second-order valence-corrected chi connectivity index (χ2v) is 4.45. The molecule has 1 rings (SSSR count). The Kier molecular flexibility index (Phi) is 5.22. The minimum absolute atomic E-state index is 0.194. The van der Waals surface area contributed by atoms with Gasteiger partial charge in [0.1, 0.15) is 17.2 Å². The predicted molar refractivity (Wildman–Crippen MR) is 70.4 cm³/mol. The van der Waals surface area contributed by atoms with Crippen LogP contribution in [0.15, 0.2) is 41.9 Å². The molecule has 0 fully saturated rings. The molecule has 1 aromatic rings. The summed E-state index contributed by atoms with van der Waals surface area (Å²) in [5.41, 5.74) is -0.568. The number of amides is 1. The van der Waals surface area contributed by atoms with Crippen LogP contribution in [0.1, 0.15) is 10.4 Å². The number of halogens is 3. The predicted octanol–water partition coefficient (Wildman–Crippen LogP) is 3.54. The van der Waals surface area contributed by atoms with Crippen LogP contribution in [-0.2, 0) is 0 Å². The highest BCUT2D eigenvalue weighted by Gasteiger charge is 2.22. The maximum Gasteiger partial charge on any atom is 0.260 e. The van der Waals surface area contributed by atoms with Crippen molar-refractivity contribution in [3.05, 3.63) is 59.1 Å². The van der Waals surface area contributed by atoms with Crippen molar-refractivity contribution < 1.29 is 13.6 Å². The molecule has 2 nitrogen and oxygen atoms in total. The summed E-state index contributed by atoms with van der Waals surface area (Å²) in [7, 11) is 0. The molecule has 0 atom stereocenters. The number of benzene rings is 1. The molecule has 5 heteroatoms. The first-order valence-electron chi connectivity index (χ1n) is 5.16. The van der Waals surface area contributed by atoms with E-state index in [1.807, 2.05) is 0 Å². The van der Waals surface area contributed by atoms with Gasteiger partial charge in [-0.1, -0.05) is 28.1 Å². The molecule has 0 aliphatic carbocycles. The van der Waals surface area contributed by atoms with Crippen molar-refractivity contribution in [2.45, 2.75) is 0 Å². The molecule has 1 amide bonds. The van der Waals surface area contributed by atoms with Gasteiger partial charge < -0.3 is 4.90 Å². The Balaban J connectivity index is 3.15. The molecule has 0 aliphatic rings. The Hall–Kier alpha value is -1.49. The summed E-state index contributed by atoms with van der Waals surface area (Å²) in [6, 6.07) is 2.10. The van der Waals surface area contributed by atoms with Crippen LogP contribution in [0.25, 0.3) is 0 Å². The SMILES string of the molecule is C=CCN(CC=C)C(=O)c1c(F)cc(Br)cc1F. The van der Waals surface area contributed by atoms with Crippen LogP contribution >= 0.6 is 15.9 Å². The van der Waals surface area contributed by atoms with Gasteiger partial charge in [0.2, 0.25) is 0 Å². The maximum absolute atomic E-state index is 13.6. The molecule has 96 valence electrons. The van der Waals surface area contributed by atoms with Gasteiger partial charge in [-0.15, -0.1) is 13.2 Å². The Bertz CT molecular complexity index is 455. The van der Waals surface area contributed by atoms with Gasteiger partial charge in [0.05, 0.1) is 0 Å². The zero-order valence-corrected chi connectivity index (χ0v) is 11.2. The summed E-state index contributed by atoms with van der Waals surface area (Å²) in [4.78, 5) is 13.3. The lowest BCUT2D eigenvalue weighted by molar-refractivity contribution is 0.0781. The molecule has 0 saturated heterocycles. The smallest absolute Gasteiger partial charge is 0.260 e. The average molecular weight is 316 g/mol. The lowest BCUT2D eigenvalue weighted by atomic mass is 10.1. The van der Waals surface area contributed by atoms with Crippen LogP contribution in [0.4, 0.5) is 8.78 Å². The van der Waals surface area contributed by atoms with Crippen molar-refractivity contribution in [2.75, 3.05) is 13.1 Å². The van der Waals surface area contributed by atoms with E-state index in [-0.39, 0.29) is 17.6 Å². The third-order valence-corrected chi connectivity index (χ3v) is 2.66. The molecule has 18 heavy (non-hydrogen) atoms. The van der Waals surface area contributed by atoms with Crippen LogP contribution in [-0.4, -0.2) is 23.9 Å². The highest BCUT2D eigenvalue weighted by Crippen LogP contribution is 2.20. The van der Waals surface area contributed by atoms with Gasteiger partial charge >= 0.3 is 0 Å². The van der Waals surface area contributed by atoms with E-state index >= 15 is 0 Å². The summed E-state index contributed by atoms with van der Waals surface area (Å²) >= 11 is 2.96. The highest BCUT2D eigenvalue weighted by molar-refractivity contribution is 9.10. The molecule has 0 radical (unpaired) electrons. The number of carbonyl (C=O) groups is 1. The highest BCUT2D eigenvalue weighted by atomic mass is 79.9. The summed E-state index contributed by atoms with van der Waals surface area (Å²) in [5, 5.41) is 0. The first kappa shape index (κ1) is 14.6. The minimum atomic E-state index is -0.898. The van der Waals surface area contributed by atoms with E-state index in [9.17, 15) is 13.6 Å². The van der Waals surface area contributed by atoms with Gasteiger partial charge in [0, 0.05) is 17.6 Å². The van der Waals surface area contributed by atoms with Gasteiger partial charge in [-0.2, -0.15) is 0 Å². The molecule has 0 saturated carbocycles. The van der Waals surface area contributed by atoms with Crippen molar-refractivity contribution in [1.82, 2.24) is 4.90 Å². The van der Waals surface area contributed by atoms with Crippen molar-refractivity contribution >= 4 is 21.8 Å². The Labute approximate surface area is 113 Å². The second-order valence-electron chi connectivity index (χ2n) is 3.53. The lowest BCUT2D eigenvalue weighted by Gasteiger charge is -2.19. The topological polar surface area (TPSA) is 20.3 Å². The van der Waals surface area contributed by atoms with E-state index < -0.39 is 23.1 Å². The first-order valence-corrected chi connectivity index (χ1v) is 5.96. The zero-order valence-electron chi connectivity index (χ0n) is 9.63. The number of hydrogen-bond donors (Lipinski definition) is 0. The molecule has 0 unspecified atom stereocenters. The van der Waals surface area contributed by atoms with Crippen molar-refractivity contribution in [3.8, 4) is 0 Å². The largest absolute Gasteiger partial charge is 0.331 e. The molecule has 1 aromatic carbocycles. The summed E-state index contributed by atoms with van der Waals surface area (Å²) in [6.45, 7) is 7.38. The standard InChI is InChI=1S/C13H12BrF2NO/c1-3-5-17(6-4-2)13(18)12-10(15)7-9(14)8-11(12)16/h3-4,7-8H,1-2,5-6H2. The van der Waals surface area contributed by atoms with Gasteiger partial charge in [-0.3, -0.25) is 4.79 Å². The summed E-state index contributed by atoms with van der Waals surface area (Å²) < 4.78 is 27.5. The number of hydrogen-bond acceptors (Lipinski definition) is 1. The van der Waals surface area contributed by atoms with Gasteiger partial charge in [-0.05, 0) is 12.1 Å². The lowest BCUT2D eigenvalue weighted by Crippen LogP contribution is -2.32. The molecule has 0 aliphatic heterocycles. The first-order chi connectivity index (χ1) is 8.51. The van der Waals surface area contributed by atoms with E-state index in [1.54, 1.807) is 0 Å². The number of nitrogens with zero attached hydrogens (tertiary/aromatic N) is 1. The van der Waals surface area contributed by atoms with Gasteiger partial charge in [-0.25, -0.2) is 8.78 Å². The fourth-order valence-corrected chi connectivity index (χ4v) is 1.86. The average Bonchev–Trinajstić information content (AvgIpc) is 2.27. The van der Waals surface area contributed by atoms with Crippen LogP contribution in [0.2, 0.25) is 0 Å². The molecule has 0 spiro atoms. The number of carbonyl (C=O) groups excluding carboxylic acids is 1. The van der Waals surface area contributed by atoms with Crippen molar-refractivity contribution in [2.24, 2.45) is 0 Å². The molecule has 0 aromatic heterocycles. The normalized spacial score (nSPS) is 9.94. The second kappa shape index (κ2) is 6.44. The van der Waals surface area contributed by atoms with E-state index in [0.717, 1.165) is 12.1 Å². The van der Waals surface area contributed by atoms with Crippen LogP contribution in [0, 0.1) is 11.6 Å². The van der Waals surface area contributed by atoms with E-state index in [2.05, 4.69) is 29.1 Å². The van der Waals surface area contributed by atoms with E-state index in [1.165, 1.54) is 17.1 Å². The maximum atomic E-state index is 13.6.